The molecule has 0 fully saturated rings. The Labute approximate surface area is 207 Å². The molecule has 0 aliphatic heterocycles. The van der Waals surface area contributed by atoms with E-state index in [-0.39, 0.29) is 0 Å². The Hall–Kier alpha value is -2.89. The Kier molecular flexibility index (Phi) is 8.68. The predicted molar refractivity (Wildman–Crippen MR) is 79.3 cm³/mol. The Morgan fingerprint density at radius 3 is 0.902 bits per heavy atom. The zero-order valence-electron chi connectivity index (χ0n) is 17.7. The molecule has 1 aromatic carbocycles. The molecule has 0 spiro atoms. The van der Waals surface area contributed by atoms with E-state index in [2.05, 4.69) is 10.5 Å². The molecule has 1 unspecified atom stereocenters. The van der Waals surface area contributed by atoms with Crippen molar-refractivity contribution in [3.8, 4) is 0 Å². The molecule has 2 N–H and O–H groups in total. The van der Waals surface area contributed by atoms with E-state index in [0.717, 1.165) is 0 Å². The minimum absolute atomic E-state index is 2.29. The Morgan fingerprint density at radius 2 is 0.683 bits per heavy atom. The zero-order valence-corrected chi connectivity index (χ0v) is 17.7. The van der Waals surface area contributed by atoms with Crippen LogP contribution in [-0.2, 0) is 10.7 Å². The summed E-state index contributed by atoms with van der Waals surface area (Å²) < 4.78 is 311. The van der Waals surface area contributed by atoms with Gasteiger partial charge < -0.3 is 4.74 Å². The number of benzene rings is 1. The highest BCUT2D eigenvalue weighted by atomic mass is 19.4. The average Bonchev–Trinajstić information content (AvgIpc) is 2.71. The van der Waals surface area contributed by atoms with Crippen LogP contribution in [0, 0.1) is 29.1 Å². The molecule has 0 saturated heterocycles. The maximum atomic E-state index is 14.7. The van der Waals surface area contributed by atoms with E-state index in [1.165, 1.54) is 0 Å². The second kappa shape index (κ2) is 9.84. The smallest absolute Gasteiger partial charge is 0.436 e. The first-order valence-corrected chi connectivity index (χ1v) is 8.79. The number of ether oxygens (including phenoxy) is 1. The molecule has 0 heterocycles. The van der Waals surface area contributed by atoms with Crippen LogP contribution in [0.4, 0.5) is 101 Å². The summed E-state index contributed by atoms with van der Waals surface area (Å²) in [7, 11) is 0. The van der Waals surface area contributed by atoms with Crippen LogP contribution in [0.3, 0.4) is 0 Å². The topological polar surface area (TPSA) is 35.2 Å². The van der Waals surface area contributed by atoms with Gasteiger partial charge in [-0.15, -0.1) is 0 Å². The average molecular weight is 661 g/mol. The van der Waals surface area contributed by atoms with Gasteiger partial charge in [0, 0.05) is 0 Å². The fourth-order valence-corrected chi connectivity index (χ4v) is 2.79. The van der Waals surface area contributed by atoms with E-state index in [1.807, 2.05) is 0 Å². The van der Waals surface area contributed by atoms with E-state index < -0.39 is 94.2 Å². The van der Waals surface area contributed by atoms with E-state index in [9.17, 15) is 101 Å². The van der Waals surface area contributed by atoms with Crippen LogP contribution in [-0.4, -0.2) is 42.2 Å². The normalized spacial score (nSPS) is 16.0. The Balaban J connectivity index is 4.70. The van der Waals surface area contributed by atoms with Crippen LogP contribution < -0.4 is 5.73 Å². The molecule has 1 aromatic rings. The number of nitrogens with two attached hydrogens (primary N) is 1. The van der Waals surface area contributed by atoms with Crippen molar-refractivity contribution in [2.75, 3.05) is 0 Å². The molecule has 0 radical (unpaired) electrons. The van der Waals surface area contributed by atoms with E-state index in [0.29, 0.717) is 0 Å². The summed E-state index contributed by atoms with van der Waals surface area (Å²) in [5.41, 5.74) is -23.8. The minimum Gasteiger partial charge on any atom is -0.436 e. The largest absolute Gasteiger partial charge is 0.449 e. The van der Waals surface area contributed by atoms with Crippen molar-refractivity contribution >= 4 is 0 Å². The Morgan fingerprint density at radius 1 is 0.439 bits per heavy atom. The maximum absolute atomic E-state index is 14.7. The van der Waals surface area contributed by atoms with Crippen LogP contribution in [0.2, 0.25) is 0 Å². The monoisotopic (exact) mass is 661 g/mol. The lowest BCUT2D eigenvalue weighted by Gasteiger charge is -2.41. The molecule has 2 nitrogen and oxygen atoms in total. The fraction of sp³-hybridized carbons (Fsp3) is 0.500. The first kappa shape index (κ1) is 36.1. The van der Waals surface area contributed by atoms with Gasteiger partial charge in [-0.25, -0.2) is 30.7 Å². The van der Waals surface area contributed by atoms with Crippen LogP contribution in [0.1, 0.15) is 5.56 Å². The molecule has 41 heavy (non-hydrogen) atoms. The van der Waals surface area contributed by atoms with Crippen LogP contribution >= 0.6 is 0 Å². The van der Waals surface area contributed by atoms with Crippen molar-refractivity contribution in [1.29, 1.82) is 0 Å². The zero-order chi connectivity index (χ0) is 33.3. The summed E-state index contributed by atoms with van der Waals surface area (Å²) >= 11 is 0. The van der Waals surface area contributed by atoms with Crippen LogP contribution in [0.15, 0.2) is 11.3 Å². The number of hydrogen-bond donors (Lipinski definition) is 1. The second-order valence-corrected chi connectivity index (χ2v) is 7.20. The van der Waals surface area contributed by atoms with E-state index in [1.54, 1.807) is 0 Å². The summed E-state index contributed by atoms with van der Waals surface area (Å²) in [4.78, 5) is 0. The van der Waals surface area contributed by atoms with Crippen LogP contribution in [0.5, 0.6) is 0 Å². The first-order valence-electron chi connectivity index (χ1n) is 8.79. The lowest BCUT2D eigenvalue weighted by Crippen LogP contribution is -2.67. The third-order valence-electron chi connectivity index (χ3n) is 4.54. The molecule has 0 aliphatic carbocycles. The molecule has 238 valence electrons. The molecule has 0 amide bonds. The number of halogens is 23. The van der Waals surface area contributed by atoms with Crippen LogP contribution in [0.25, 0.3) is 0 Å². The third-order valence-corrected chi connectivity index (χ3v) is 4.54. The molecule has 0 bridgehead atoms. The van der Waals surface area contributed by atoms with Crippen molar-refractivity contribution in [1.82, 2.24) is 0 Å². The van der Waals surface area contributed by atoms with Crippen molar-refractivity contribution in [3.05, 3.63) is 46.0 Å². The highest BCUT2D eigenvalue weighted by Gasteiger charge is 2.88. The molecular formula is C16H2F23NO. The molecule has 1 rings (SSSR count). The summed E-state index contributed by atoms with van der Waals surface area (Å²) in [6.45, 7) is 0. The van der Waals surface area contributed by atoms with Gasteiger partial charge in [-0.05, 0) is 0 Å². The second-order valence-electron chi connectivity index (χ2n) is 7.20. The van der Waals surface area contributed by atoms with Gasteiger partial charge in [0.25, 0.3) is 0 Å². The molecule has 1 atom stereocenters. The third kappa shape index (κ3) is 5.63. The predicted octanol–water partition coefficient (Wildman–Crippen LogP) is 7.92. The molecule has 0 saturated carbocycles. The van der Waals surface area contributed by atoms with E-state index >= 15 is 0 Å². The number of alkyl halides is 18. The SMILES string of the molecule is NC(F)(OC(=C(C(F)(C(F)(F)F)C(F)(F)F)C(F)(C(F)(F)F)C(F)(F)F)C(F)(F)F)c1c(F)c(F)c(F)c(F)c1F. The van der Waals surface area contributed by atoms with Crippen molar-refractivity contribution < 1.29 is 106 Å². The first-order chi connectivity index (χ1) is 17.6. The molecule has 0 aliphatic rings. The van der Waals surface area contributed by atoms with Gasteiger partial charge in [-0.2, -0.15) is 70.2 Å². The summed E-state index contributed by atoms with van der Waals surface area (Å²) in [6.07, 6.45) is -42.2. The molecular weight excluding hydrogens is 659 g/mol. The highest BCUT2D eigenvalue weighted by molar-refractivity contribution is 5.41. The highest BCUT2D eigenvalue weighted by Crippen LogP contribution is 2.63. The van der Waals surface area contributed by atoms with Crippen molar-refractivity contribution in [2.24, 2.45) is 5.73 Å². The fourth-order valence-electron chi connectivity index (χ4n) is 2.79. The minimum atomic E-state index is -8.84. The summed E-state index contributed by atoms with van der Waals surface area (Å²) in [5, 5.41) is 0. The van der Waals surface area contributed by atoms with E-state index in [4.69, 9.17) is 0 Å². The summed E-state index contributed by atoms with van der Waals surface area (Å²) in [5.74, 6) is -30.0. The molecule has 0 aromatic heterocycles. The lowest BCUT2D eigenvalue weighted by atomic mass is 9.79. The van der Waals surface area contributed by atoms with Gasteiger partial charge in [0.15, 0.2) is 23.3 Å². The quantitative estimate of drug-likeness (QED) is 0.0870. The van der Waals surface area contributed by atoms with Crippen molar-refractivity contribution in [2.45, 2.75) is 48.2 Å². The summed E-state index contributed by atoms with van der Waals surface area (Å²) in [6, 6.07) is 0. The van der Waals surface area contributed by atoms with Gasteiger partial charge in [-0.3, -0.25) is 5.73 Å². The number of allylic oxidation sites excluding steroid dienone is 2. The Bertz CT molecular complexity index is 1100. The number of hydrogen-bond acceptors (Lipinski definition) is 2. The maximum Gasteiger partial charge on any atom is 0.449 e. The van der Waals surface area contributed by atoms with Gasteiger partial charge in [-0.1, -0.05) is 0 Å². The molecule has 25 heteroatoms. The van der Waals surface area contributed by atoms with Gasteiger partial charge in [0.1, 0.15) is 5.56 Å². The van der Waals surface area contributed by atoms with Crippen molar-refractivity contribution in [3.63, 3.8) is 0 Å². The lowest BCUT2D eigenvalue weighted by molar-refractivity contribution is -0.367. The van der Waals surface area contributed by atoms with Gasteiger partial charge >= 0.3 is 48.2 Å². The van der Waals surface area contributed by atoms with Gasteiger partial charge in [0.05, 0.1) is 5.57 Å². The standard InChI is InChI=1S/C16H2F23NO/c17-2-1(3(18)5(20)6(21)4(2)19)12(27,40)41-8(11(24,25)26)7(9(22,13(28,29)30)14(31,32)33)10(23,15(34,35)36)16(37,38)39/h40H2. The number of rotatable bonds is 5. The van der Waals surface area contributed by atoms with Gasteiger partial charge in [0.2, 0.25) is 11.6 Å².